The Labute approximate surface area is 184 Å². The molecule has 4 nitrogen and oxygen atoms in total. The van der Waals surface area contributed by atoms with E-state index in [2.05, 4.69) is 88.9 Å². The average molecular weight is 461 g/mol. The lowest BCUT2D eigenvalue weighted by atomic mass is 10.4. The third-order valence-electron chi connectivity index (χ3n) is 6.56. The standard InChI is InChI=1S/C22H48O4Si3/c1-14-20(10)29(21(11)15-2,24-22(23)16-3)26-27(12,13)25-28(17(4)5,18(6)7)19(8)9/h16-21H,3,14-15H2,1-2,4-13H3. The van der Waals surface area contributed by atoms with Gasteiger partial charge in [-0.15, -0.1) is 0 Å². The quantitative estimate of drug-likeness (QED) is 0.209. The van der Waals surface area contributed by atoms with E-state index in [1.807, 2.05) is 0 Å². The summed E-state index contributed by atoms with van der Waals surface area (Å²) in [6, 6.07) is 0. The highest BCUT2D eigenvalue weighted by atomic mass is 28.5. The molecule has 0 heterocycles. The van der Waals surface area contributed by atoms with E-state index in [-0.39, 0.29) is 17.1 Å². The van der Waals surface area contributed by atoms with Crippen LogP contribution >= 0.6 is 0 Å². The van der Waals surface area contributed by atoms with Gasteiger partial charge in [0, 0.05) is 17.2 Å². The predicted molar refractivity (Wildman–Crippen MR) is 132 cm³/mol. The summed E-state index contributed by atoms with van der Waals surface area (Å²) in [5.74, 6) is -0.373. The first-order valence-corrected chi connectivity index (χ1v) is 18.3. The van der Waals surface area contributed by atoms with Crippen molar-refractivity contribution in [1.82, 2.24) is 0 Å². The largest absolute Gasteiger partial charge is 0.491 e. The third-order valence-corrected chi connectivity index (χ3v) is 22.7. The zero-order valence-corrected chi connectivity index (χ0v) is 24.2. The number of hydrogen-bond acceptors (Lipinski definition) is 4. The minimum absolute atomic E-state index is 0.185. The Morgan fingerprint density at radius 3 is 1.48 bits per heavy atom. The lowest BCUT2D eigenvalue weighted by Gasteiger charge is -2.50. The summed E-state index contributed by atoms with van der Waals surface area (Å²) in [5, 5.41) is 0. The highest BCUT2D eigenvalue weighted by molar-refractivity contribution is 6.90. The van der Waals surface area contributed by atoms with Crippen molar-refractivity contribution < 1.29 is 17.5 Å². The Bertz CT molecular complexity index is 500. The van der Waals surface area contributed by atoms with Gasteiger partial charge in [-0.1, -0.05) is 88.7 Å². The molecule has 0 spiro atoms. The lowest BCUT2D eigenvalue weighted by molar-refractivity contribution is -0.131. The number of carbonyl (C=O) groups is 1. The fourth-order valence-corrected chi connectivity index (χ4v) is 23.4. The molecular weight excluding hydrogens is 412 g/mol. The first-order chi connectivity index (χ1) is 13.2. The Balaban J connectivity index is 6.31. The molecule has 0 aliphatic heterocycles. The molecule has 0 radical (unpaired) electrons. The van der Waals surface area contributed by atoms with Crippen LogP contribution in [0.3, 0.4) is 0 Å². The second kappa shape index (κ2) is 11.4. The first-order valence-electron chi connectivity index (χ1n) is 11.4. The highest BCUT2D eigenvalue weighted by Gasteiger charge is 2.57. The smallest absolute Gasteiger partial charge is 0.398 e. The van der Waals surface area contributed by atoms with Gasteiger partial charge in [0.15, 0.2) is 8.32 Å². The summed E-state index contributed by atoms with van der Waals surface area (Å²) in [7, 11) is -7.58. The van der Waals surface area contributed by atoms with E-state index in [0.717, 1.165) is 12.8 Å². The van der Waals surface area contributed by atoms with E-state index in [0.29, 0.717) is 16.6 Å². The first kappa shape index (κ1) is 28.8. The predicted octanol–water partition coefficient (Wildman–Crippen LogP) is 7.67. The highest BCUT2D eigenvalue weighted by Crippen LogP contribution is 2.46. The van der Waals surface area contributed by atoms with Crippen LogP contribution in [0.4, 0.5) is 0 Å². The van der Waals surface area contributed by atoms with Gasteiger partial charge < -0.3 is 12.7 Å². The molecule has 2 atom stereocenters. The van der Waals surface area contributed by atoms with E-state index in [1.54, 1.807) is 0 Å². The van der Waals surface area contributed by atoms with Crippen LogP contribution in [0.2, 0.25) is 40.8 Å². The maximum absolute atomic E-state index is 12.4. The monoisotopic (exact) mass is 460 g/mol. The van der Waals surface area contributed by atoms with Crippen LogP contribution in [0.5, 0.6) is 0 Å². The molecule has 0 aliphatic rings. The Hall–Kier alpha value is -0.219. The van der Waals surface area contributed by atoms with Gasteiger partial charge in [0.2, 0.25) is 0 Å². The lowest BCUT2D eigenvalue weighted by Crippen LogP contribution is -2.62. The third kappa shape index (κ3) is 6.63. The summed E-state index contributed by atoms with van der Waals surface area (Å²) >= 11 is 0. The molecule has 7 heteroatoms. The normalized spacial score (nSPS) is 17.3. The zero-order chi connectivity index (χ0) is 23.2. The van der Waals surface area contributed by atoms with Crippen molar-refractivity contribution in [3.05, 3.63) is 12.7 Å². The molecule has 2 unspecified atom stereocenters. The van der Waals surface area contributed by atoms with E-state index < -0.39 is 25.4 Å². The van der Waals surface area contributed by atoms with Crippen molar-refractivity contribution in [2.45, 2.75) is 123 Å². The summed E-state index contributed by atoms with van der Waals surface area (Å²) in [5.41, 5.74) is 1.82. The second-order valence-corrected chi connectivity index (χ2v) is 23.1. The Morgan fingerprint density at radius 2 is 1.21 bits per heavy atom. The molecule has 0 aromatic heterocycles. The molecule has 0 bridgehead atoms. The summed E-state index contributed by atoms with van der Waals surface area (Å²) in [6.07, 6.45) is 3.08. The van der Waals surface area contributed by atoms with Gasteiger partial charge in [0.1, 0.15) is 0 Å². The molecule has 29 heavy (non-hydrogen) atoms. The number of carbonyl (C=O) groups excluding carboxylic acids is 1. The van der Waals surface area contributed by atoms with Crippen LogP contribution in [-0.2, 0) is 17.5 Å². The van der Waals surface area contributed by atoms with Gasteiger partial charge in [-0.05, 0) is 29.7 Å². The Morgan fingerprint density at radius 1 is 0.828 bits per heavy atom. The van der Waals surface area contributed by atoms with E-state index in [9.17, 15) is 4.79 Å². The van der Waals surface area contributed by atoms with Crippen LogP contribution in [0.15, 0.2) is 12.7 Å². The fraction of sp³-hybridized carbons (Fsp3) is 0.864. The minimum Gasteiger partial charge on any atom is -0.491 e. The molecule has 0 amide bonds. The van der Waals surface area contributed by atoms with E-state index >= 15 is 0 Å². The minimum atomic E-state index is -2.89. The van der Waals surface area contributed by atoms with Crippen LogP contribution in [0.25, 0.3) is 0 Å². The topological polar surface area (TPSA) is 44.8 Å². The molecule has 0 saturated carbocycles. The molecule has 0 N–H and O–H groups in total. The van der Waals surface area contributed by atoms with Crippen molar-refractivity contribution in [2.75, 3.05) is 0 Å². The van der Waals surface area contributed by atoms with E-state index in [1.165, 1.54) is 6.08 Å². The van der Waals surface area contributed by atoms with Gasteiger partial charge in [-0.2, -0.15) is 0 Å². The van der Waals surface area contributed by atoms with Crippen LogP contribution in [0, 0.1) is 0 Å². The zero-order valence-electron chi connectivity index (χ0n) is 21.2. The van der Waals surface area contributed by atoms with Crippen molar-refractivity contribution in [2.24, 2.45) is 0 Å². The van der Waals surface area contributed by atoms with Crippen LogP contribution < -0.4 is 0 Å². The Kier molecular flexibility index (Phi) is 11.3. The van der Waals surface area contributed by atoms with Crippen LogP contribution in [0.1, 0.15) is 82.1 Å². The van der Waals surface area contributed by atoms with Gasteiger partial charge >= 0.3 is 23.1 Å². The number of hydrogen-bond donors (Lipinski definition) is 0. The fourth-order valence-electron chi connectivity index (χ4n) is 4.86. The van der Waals surface area contributed by atoms with Gasteiger partial charge in [-0.3, -0.25) is 0 Å². The molecule has 0 rings (SSSR count). The van der Waals surface area contributed by atoms with Crippen LogP contribution in [-0.4, -0.2) is 31.4 Å². The summed E-state index contributed by atoms with van der Waals surface area (Å²) < 4.78 is 20.3. The second-order valence-electron chi connectivity index (χ2n) is 9.89. The van der Waals surface area contributed by atoms with Crippen molar-refractivity contribution in [3.63, 3.8) is 0 Å². The molecule has 0 fully saturated rings. The molecule has 172 valence electrons. The average Bonchev–Trinajstić information content (AvgIpc) is 2.62. The van der Waals surface area contributed by atoms with Gasteiger partial charge in [0.25, 0.3) is 0 Å². The SMILES string of the molecule is C=CC(=O)O[Si](O[Si](C)(C)O[Si](C(C)C)(C(C)C)C(C)C)(C(C)CC)C(C)CC. The van der Waals surface area contributed by atoms with Gasteiger partial charge in [-0.25, -0.2) is 4.79 Å². The summed E-state index contributed by atoms with van der Waals surface area (Å²) in [4.78, 5) is 12.4. The van der Waals surface area contributed by atoms with Crippen molar-refractivity contribution in [1.29, 1.82) is 0 Å². The molecule has 0 aliphatic carbocycles. The van der Waals surface area contributed by atoms with E-state index in [4.69, 9.17) is 12.7 Å². The van der Waals surface area contributed by atoms with Crippen molar-refractivity contribution in [3.8, 4) is 0 Å². The number of rotatable bonds is 13. The molecular formula is C22H48O4Si3. The molecule has 0 aromatic carbocycles. The molecule has 0 saturated heterocycles. The molecule has 0 aromatic rings. The van der Waals surface area contributed by atoms with Crippen molar-refractivity contribution >= 4 is 31.4 Å². The van der Waals surface area contributed by atoms with Gasteiger partial charge in [0.05, 0.1) is 0 Å². The maximum atomic E-state index is 12.4. The summed E-state index contributed by atoms with van der Waals surface area (Å²) in [6.45, 7) is 30.3. The maximum Gasteiger partial charge on any atom is 0.398 e.